The molecule has 4 rings (SSSR count). The molecule has 2 aliphatic rings. The standard InChI is InChI=1S/C18H18FN3O3/c1-18-8-2-9-22(18)17(24)21(16(18)23)10-7-14-11-25-15(20-14)12-3-5-13(19)6-4-12/h3-6,11H,2,7-10H2,1H3/t18-/m0/s1. The predicted molar refractivity (Wildman–Crippen MR) is 87.1 cm³/mol. The maximum atomic E-state index is 13.0. The van der Waals surface area contributed by atoms with E-state index in [1.54, 1.807) is 17.0 Å². The van der Waals surface area contributed by atoms with Gasteiger partial charge in [-0.05, 0) is 44.0 Å². The molecule has 0 spiro atoms. The molecule has 3 heterocycles. The van der Waals surface area contributed by atoms with Crippen molar-refractivity contribution in [3.63, 3.8) is 0 Å². The molecule has 2 aliphatic heterocycles. The molecule has 0 saturated carbocycles. The molecule has 0 unspecified atom stereocenters. The number of amides is 3. The topological polar surface area (TPSA) is 66.7 Å². The number of hydrogen-bond donors (Lipinski definition) is 0. The van der Waals surface area contributed by atoms with Crippen LogP contribution in [0, 0.1) is 5.82 Å². The lowest BCUT2D eigenvalue weighted by molar-refractivity contribution is -0.131. The molecule has 130 valence electrons. The quantitative estimate of drug-likeness (QED) is 0.801. The second-order valence-corrected chi connectivity index (χ2v) is 6.67. The van der Waals surface area contributed by atoms with E-state index in [1.807, 2.05) is 6.92 Å². The van der Waals surface area contributed by atoms with Gasteiger partial charge in [0.1, 0.15) is 17.6 Å². The van der Waals surface area contributed by atoms with E-state index in [2.05, 4.69) is 4.98 Å². The summed E-state index contributed by atoms with van der Waals surface area (Å²) in [6.45, 7) is 2.75. The fourth-order valence-electron chi connectivity index (χ4n) is 3.59. The Hall–Kier alpha value is -2.70. The number of halogens is 1. The van der Waals surface area contributed by atoms with Crippen LogP contribution in [0.1, 0.15) is 25.5 Å². The van der Waals surface area contributed by atoms with E-state index in [4.69, 9.17) is 4.42 Å². The average Bonchev–Trinajstić information content (AvgIpc) is 3.26. The Labute approximate surface area is 144 Å². The van der Waals surface area contributed by atoms with Crippen molar-refractivity contribution in [3.8, 4) is 11.5 Å². The molecule has 0 radical (unpaired) electrons. The van der Waals surface area contributed by atoms with Crippen molar-refractivity contribution in [2.45, 2.75) is 31.7 Å². The fourth-order valence-corrected chi connectivity index (χ4v) is 3.59. The van der Waals surface area contributed by atoms with Crippen molar-refractivity contribution in [1.29, 1.82) is 0 Å². The maximum Gasteiger partial charge on any atom is 0.327 e. The zero-order valence-corrected chi connectivity index (χ0v) is 13.9. The Balaban J connectivity index is 1.45. The van der Waals surface area contributed by atoms with Crippen LogP contribution in [-0.4, -0.2) is 45.4 Å². The highest BCUT2D eigenvalue weighted by Gasteiger charge is 2.56. The van der Waals surface area contributed by atoms with Gasteiger partial charge in [-0.3, -0.25) is 9.69 Å². The van der Waals surface area contributed by atoms with Gasteiger partial charge < -0.3 is 9.32 Å². The van der Waals surface area contributed by atoms with E-state index in [-0.39, 0.29) is 24.3 Å². The molecule has 1 aromatic carbocycles. The summed E-state index contributed by atoms with van der Waals surface area (Å²) < 4.78 is 18.4. The first-order valence-electron chi connectivity index (χ1n) is 8.33. The number of aromatic nitrogens is 1. The minimum atomic E-state index is -0.680. The summed E-state index contributed by atoms with van der Waals surface area (Å²) in [6, 6.07) is 5.65. The van der Waals surface area contributed by atoms with Gasteiger partial charge in [-0.25, -0.2) is 14.2 Å². The highest BCUT2D eigenvalue weighted by molar-refractivity contribution is 6.07. The number of oxazole rings is 1. The first-order chi connectivity index (χ1) is 12.0. The summed E-state index contributed by atoms with van der Waals surface area (Å²) in [5.41, 5.74) is 0.645. The van der Waals surface area contributed by atoms with Gasteiger partial charge in [0.15, 0.2) is 0 Å². The van der Waals surface area contributed by atoms with Gasteiger partial charge in [0, 0.05) is 25.1 Å². The number of rotatable bonds is 4. The Morgan fingerprint density at radius 3 is 2.76 bits per heavy atom. The number of benzene rings is 1. The van der Waals surface area contributed by atoms with Gasteiger partial charge in [-0.15, -0.1) is 0 Å². The van der Waals surface area contributed by atoms with Gasteiger partial charge in [0.05, 0.1) is 5.69 Å². The van der Waals surface area contributed by atoms with Crippen molar-refractivity contribution in [2.24, 2.45) is 0 Å². The maximum absolute atomic E-state index is 13.0. The monoisotopic (exact) mass is 343 g/mol. The molecule has 6 nitrogen and oxygen atoms in total. The Morgan fingerprint density at radius 1 is 1.28 bits per heavy atom. The van der Waals surface area contributed by atoms with E-state index < -0.39 is 5.54 Å². The Bertz CT molecular complexity index is 832. The van der Waals surface area contributed by atoms with E-state index in [0.717, 1.165) is 6.42 Å². The minimum Gasteiger partial charge on any atom is -0.444 e. The van der Waals surface area contributed by atoms with Crippen LogP contribution >= 0.6 is 0 Å². The second kappa shape index (κ2) is 5.68. The summed E-state index contributed by atoms with van der Waals surface area (Å²) >= 11 is 0. The van der Waals surface area contributed by atoms with Gasteiger partial charge in [-0.1, -0.05) is 0 Å². The second-order valence-electron chi connectivity index (χ2n) is 6.67. The number of carbonyl (C=O) groups excluding carboxylic acids is 2. The van der Waals surface area contributed by atoms with Crippen LogP contribution in [0.5, 0.6) is 0 Å². The largest absolute Gasteiger partial charge is 0.444 e. The lowest BCUT2D eigenvalue weighted by Gasteiger charge is -2.22. The Kier molecular flexibility index (Phi) is 3.59. The molecular weight excluding hydrogens is 325 g/mol. The lowest BCUT2D eigenvalue weighted by Crippen LogP contribution is -2.41. The third-order valence-electron chi connectivity index (χ3n) is 5.04. The first kappa shape index (κ1) is 15.8. The molecule has 0 N–H and O–H groups in total. The molecule has 1 aromatic heterocycles. The van der Waals surface area contributed by atoms with Crippen molar-refractivity contribution in [3.05, 3.63) is 42.0 Å². The van der Waals surface area contributed by atoms with E-state index in [0.29, 0.717) is 36.5 Å². The van der Waals surface area contributed by atoms with Gasteiger partial charge >= 0.3 is 6.03 Å². The van der Waals surface area contributed by atoms with Crippen LogP contribution in [0.3, 0.4) is 0 Å². The molecule has 2 aromatic rings. The number of hydrogen-bond acceptors (Lipinski definition) is 4. The van der Waals surface area contributed by atoms with Gasteiger partial charge in [0.25, 0.3) is 5.91 Å². The molecular formula is C18H18FN3O3. The number of imide groups is 1. The van der Waals surface area contributed by atoms with E-state index >= 15 is 0 Å². The molecule has 1 atom stereocenters. The normalized spacial score (nSPS) is 22.8. The number of nitrogens with zero attached hydrogens (tertiary/aromatic N) is 3. The summed E-state index contributed by atoms with van der Waals surface area (Å²) in [5.74, 6) is -0.0606. The van der Waals surface area contributed by atoms with Crippen molar-refractivity contribution in [2.75, 3.05) is 13.1 Å². The first-order valence-corrected chi connectivity index (χ1v) is 8.33. The highest BCUT2D eigenvalue weighted by Crippen LogP contribution is 2.37. The molecule has 2 saturated heterocycles. The van der Waals surface area contributed by atoms with Crippen molar-refractivity contribution < 1.29 is 18.4 Å². The zero-order chi connectivity index (χ0) is 17.6. The van der Waals surface area contributed by atoms with Gasteiger partial charge in [0.2, 0.25) is 5.89 Å². The van der Waals surface area contributed by atoms with E-state index in [9.17, 15) is 14.0 Å². The summed E-state index contributed by atoms with van der Waals surface area (Å²) in [5, 5.41) is 0. The van der Waals surface area contributed by atoms with Crippen LogP contribution < -0.4 is 0 Å². The third-order valence-corrected chi connectivity index (χ3v) is 5.04. The third kappa shape index (κ3) is 2.50. The number of carbonyl (C=O) groups is 2. The number of fused-ring (bicyclic) bond motifs is 1. The SMILES string of the molecule is C[C@@]12CCCN1C(=O)N(CCc1coc(-c3ccc(F)cc3)n1)C2=O. The number of urea groups is 1. The molecule has 7 heteroatoms. The van der Waals surface area contributed by atoms with E-state index in [1.165, 1.54) is 23.3 Å². The summed E-state index contributed by atoms with van der Waals surface area (Å²) in [6.07, 6.45) is 3.51. The molecule has 0 aliphatic carbocycles. The smallest absolute Gasteiger partial charge is 0.327 e. The summed E-state index contributed by atoms with van der Waals surface area (Å²) in [4.78, 5) is 32.4. The highest BCUT2D eigenvalue weighted by atomic mass is 19.1. The molecule has 3 amide bonds. The fraction of sp³-hybridized carbons (Fsp3) is 0.389. The van der Waals surface area contributed by atoms with Crippen LogP contribution in [-0.2, 0) is 11.2 Å². The minimum absolute atomic E-state index is 0.128. The predicted octanol–water partition coefficient (Wildman–Crippen LogP) is 2.84. The Morgan fingerprint density at radius 2 is 2.04 bits per heavy atom. The molecule has 25 heavy (non-hydrogen) atoms. The lowest BCUT2D eigenvalue weighted by atomic mass is 9.99. The zero-order valence-electron chi connectivity index (χ0n) is 13.9. The van der Waals surface area contributed by atoms with Gasteiger partial charge in [-0.2, -0.15) is 0 Å². The summed E-state index contributed by atoms with van der Waals surface area (Å²) in [7, 11) is 0. The van der Waals surface area contributed by atoms with Crippen LogP contribution in [0.2, 0.25) is 0 Å². The van der Waals surface area contributed by atoms with Crippen LogP contribution in [0.25, 0.3) is 11.5 Å². The molecule has 0 bridgehead atoms. The van der Waals surface area contributed by atoms with Crippen molar-refractivity contribution in [1.82, 2.24) is 14.8 Å². The van der Waals surface area contributed by atoms with Crippen LogP contribution in [0.4, 0.5) is 9.18 Å². The molecule has 2 fully saturated rings. The van der Waals surface area contributed by atoms with Crippen molar-refractivity contribution >= 4 is 11.9 Å². The van der Waals surface area contributed by atoms with Crippen LogP contribution in [0.15, 0.2) is 34.9 Å². The average molecular weight is 343 g/mol.